The van der Waals surface area contributed by atoms with Gasteiger partial charge in [0.05, 0.1) is 0 Å². The second-order valence-electron chi connectivity index (χ2n) is 5.56. The van der Waals surface area contributed by atoms with E-state index in [-0.39, 0.29) is 0 Å². The van der Waals surface area contributed by atoms with Gasteiger partial charge in [-0.25, -0.2) is 0 Å². The van der Waals surface area contributed by atoms with Gasteiger partial charge < -0.3 is 5.32 Å². The van der Waals surface area contributed by atoms with E-state index in [0.29, 0.717) is 5.54 Å². The van der Waals surface area contributed by atoms with Crippen molar-refractivity contribution in [2.45, 2.75) is 57.9 Å². The first-order valence-electron chi connectivity index (χ1n) is 5.81. The van der Waals surface area contributed by atoms with E-state index in [1.807, 2.05) is 0 Å². The Morgan fingerprint density at radius 1 is 0.923 bits per heavy atom. The van der Waals surface area contributed by atoms with Crippen LogP contribution in [-0.4, -0.2) is 12.6 Å². The molecule has 0 heterocycles. The van der Waals surface area contributed by atoms with Gasteiger partial charge in [-0.15, -0.1) is 0 Å². The van der Waals surface area contributed by atoms with E-state index in [1.165, 1.54) is 38.5 Å². The molecule has 2 saturated carbocycles. The number of hydrogen-bond donors (Lipinski definition) is 1. The molecule has 76 valence electrons. The van der Waals surface area contributed by atoms with Gasteiger partial charge in [0.1, 0.15) is 0 Å². The van der Waals surface area contributed by atoms with E-state index < -0.39 is 0 Å². The Kier molecular flexibility index (Phi) is 2.18. The highest BCUT2D eigenvalue weighted by Gasteiger charge is 2.49. The maximum atomic E-state index is 3.58. The molecule has 0 aliphatic heterocycles. The van der Waals surface area contributed by atoms with Gasteiger partial charge in [0.25, 0.3) is 0 Å². The molecule has 0 amide bonds. The maximum Gasteiger partial charge on any atom is 0.0201 e. The summed E-state index contributed by atoms with van der Waals surface area (Å²) in [5.74, 6) is 0.786. The van der Waals surface area contributed by atoms with E-state index in [9.17, 15) is 0 Å². The van der Waals surface area contributed by atoms with Gasteiger partial charge in [0.15, 0.2) is 0 Å². The normalized spacial score (nSPS) is 29.5. The second kappa shape index (κ2) is 2.98. The van der Waals surface area contributed by atoms with E-state index in [0.717, 1.165) is 11.3 Å². The third kappa shape index (κ3) is 1.52. The van der Waals surface area contributed by atoms with E-state index in [1.54, 1.807) is 0 Å². The van der Waals surface area contributed by atoms with Crippen molar-refractivity contribution in [3.05, 3.63) is 0 Å². The van der Waals surface area contributed by atoms with Gasteiger partial charge in [-0.3, -0.25) is 0 Å². The van der Waals surface area contributed by atoms with Crippen molar-refractivity contribution in [1.29, 1.82) is 0 Å². The van der Waals surface area contributed by atoms with Crippen LogP contribution in [0.3, 0.4) is 0 Å². The zero-order valence-corrected chi connectivity index (χ0v) is 9.32. The van der Waals surface area contributed by atoms with Crippen molar-refractivity contribution in [1.82, 2.24) is 5.32 Å². The van der Waals surface area contributed by atoms with Crippen molar-refractivity contribution in [2.24, 2.45) is 11.3 Å². The van der Waals surface area contributed by atoms with Gasteiger partial charge in [-0.05, 0) is 56.9 Å². The zero-order chi connectivity index (χ0) is 9.53. The first kappa shape index (κ1) is 9.51. The molecule has 0 aromatic carbocycles. The van der Waals surface area contributed by atoms with Crippen LogP contribution in [0.5, 0.6) is 0 Å². The van der Waals surface area contributed by atoms with Crippen LogP contribution >= 0.6 is 0 Å². The van der Waals surface area contributed by atoms with Crippen LogP contribution in [0.15, 0.2) is 0 Å². The summed E-state index contributed by atoms with van der Waals surface area (Å²) < 4.78 is 0. The molecule has 2 aliphatic rings. The lowest BCUT2D eigenvalue weighted by atomic mass is 9.69. The van der Waals surface area contributed by atoms with Crippen molar-refractivity contribution in [2.75, 3.05) is 7.05 Å². The molecular weight excluding hydrogens is 158 g/mol. The highest BCUT2D eigenvalue weighted by Crippen LogP contribution is 2.58. The summed E-state index contributed by atoms with van der Waals surface area (Å²) in [5.41, 5.74) is 1.29. The molecule has 1 N–H and O–H groups in total. The van der Waals surface area contributed by atoms with E-state index in [4.69, 9.17) is 0 Å². The SMILES string of the molecule is CNC1(C(C)C)CCC2(CC2)CC1. The molecular formula is C12H23N. The van der Waals surface area contributed by atoms with Crippen molar-refractivity contribution >= 4 is 0 Å². The fourth-order valence-electron chi connectivity index (χ4n) is 3.02. The van der Waals surface area contributed by atoms with Crippen molar-refractivity contribution < 1.29 is 0 Å². The van der Waals surface area contributed by atoms with Gasteiger partial charge >= 0.3 is 0 Å². The highest BCUT2D eigenvalue weighted by atomic mass is 15.0. The molecule has 0 bridgehead atoms. The Balaban J connectivity index is 2.00. The summed E-state index contributed by atoms with van der Waals surface area (Å²) in [7, 11) is 2.14. The number of hydrogen-bond acceptors (Lipinski definition) is 1. The number of nitrogens with one attached hydrogen (secondary N) is 1. The molecule has 1 nitrogen and oxygen atoms in total. The van der Waals surface area contributed by atoms with E-state index in [2.05, 4.69) is 26.2 Å². The van der Waals surface area contributed by atoms with Gasteiger partial charge in [-0.1, -0.05) is 13.8 Å². The Bertz CT molecular complexity index is 181. The Labute approximate surface area is 82.3 Å². The van der Waals surface area contributed by atoms with Gasteiger partial charge in [0, 0.05) is 5.54 Å². The fraction of sp³-hybridized carbons (Fsp3) is 1.00. The Morgan fingerprint density at radius 3 is 1.69 bits per heavy atom. The summed E-state index contributed by atoms with van der Waals surface area (Å²) in [6, 6.07) is 0. The van der Waals surface area contributed by atoms with Crippen molar-refractivity contribution in [3.8, 4) is 0 Å². The molecule has 2 fully saturated rings. The zero-order valence-electron chi connectivity index (χ0n) is 9.32. The molecule has 0 saturated heterocycles. The molecule has 0 aromatic heterocycles. The predicted octanol–water partition coefficient (Wildman–Crippen LogP) is 2.95. The summed E-state index contributed by atoms with van der Waals surface area (Å²) in [5, 5.41) is 3.58. The fourth-order valence-corrected chi connectivity index (χ4v) is 3.02. The predicted molar refractivity (Wildman–Crippen MR) is 56.8 cm³/mol. The lowest BCUT2D eigenvalue weighted by Crippen LogP contribution is -2.50. The first-order valence-corrected chi connectivity index (χ1v) is 5.81. The molecule has 0 radical (unpaired) electrons. The standard InChI is InChI=1S/C12H23N/c1-10(2)12(13-3)8-6-11(4-5-11)7-9-12/h10,13H,4-9H2,1-3H3. The minimum Gasteiger partial charge on any atom is -0.314 e. The summed E-state index contributed by atoms with van der Waals surface area (Å²) in [6.07, 6.45) is 8.80. The summed E-state index contributed by atoms with van der Waals surface area (Å²) in [4.78, 5) is 0. The average Bonchev–Trinajstić information content (AvgIpc) is 2.87. The third-order valence-corrected chi connectivity index (χ3v) is 4.76. The molecule has 13 heavy (non-hydrogen) atoms. The van der Waals surface area contributed by atoms with Crippen LogP contribution in [0.4, 0.5) is 0 Å². The molecule has 0 unspecified atom stereocenters. The molecule has 0 atom stereocenters. The lowest BCUT2D eigenvalue weighted by Gasteiger charge is -2.43. The van der Waals surface area contributed by atoms with Crippen LogP contribution in [-0.2, 0) is 0 Å². The number of rotatable bonds is 2. The third-order valence-electron chi connectivity index (χ3n) is 4.76. The van der Waals surface area contributed by atoms with Crippen LogP contribution < -0.4 is 5.32 Å². The molecule has 1 spiro atoms. The quantitative estimate of drug-likeness (QED) is 0.690. The Hall–Kier alpha value is -0.0400. The molecule has 2 rings (SSSR count). The van der Waals surface area contributed by atoms with Crippen LogP contribution in [0.2, 0.25) is 0 Å². The van der Waals surface area contributed by atoms with E-state index >= 15 is 0 Å². The summed E-state index contributed by atoms with van der Waals surface area (Å²) in [6.45, 7) is 4.72. The minimum absolute atomic E-state index is 0.466. The molecule has 1 heteroatoms. The van der Waals surface area contributed by atoms with Gasteiger partial charge in [-0.2, -0.15) is 0 Å². The smallest absolute Gasteiger partial charge is 0.0201 e. The highest BCUT2D eigenvalue weighted by molar-refractivity contribution is 5.04. The molecule has 0 aromatic rings. The summed E-state index contributed by atoms with van der Waals surface area (Å²) >= 11 is 0. The van der Waals surface area contributed by atoms with Gasteiger partial charge in [0.2, 0.25) is 0 Å². The van der Waals surface area contributed by atoms with Crippen LogP contribution in [0, 0.1) is 11.3 Å². The maximum absolute atomic E-state index is 3.58. The monoisotopic (exact) mass is 181 g/mol. The average molecular weight is 181 g/mol. The van der Waals surface area contributed by atoms with Crippen LogP contribution in [0.25, 0.3) is 0 Å². The largest absolute Gasteiger partial charge is 0.314 e. The Morgan fingerprint density at radius 2 is 1.38 bits per heavy atom. The first-order chi connectivity index (χ1) is 6.13. The lowest BCUT2D eigenvalue weighted by molar-refractivity contribution is 0.136. The molecule has 2 aliphatic carbocycles. The minimum atomic E-state index is 0.466. The topological polar surface area (TPSA) is 12.0 Å². The second-order valence-corrected chi connectivity index (χ2v) is 5.56. The van der Waals surface area contributed by atoms with Crippen LogP contribution in [0.1, 0.15) is 52.4 Å². The van der Waals surface area contributed by atoms with Crippen molar-refractivity contribution in [3.63, 3.8) is 0 Å².